The molecule has 0 amide bonds. The van der Waals surface area contributed by atoms with Crippen LogP contribution in [0.2, 0.25) is 0 Å². The van der Waals surface area contributed by atoms with Crippen LogP contribution in [-0.4, -0.2) is 17.0 Å². The Morgan fingerprint density at radius 3 is 2.39 bits per heavy atom. The fraction of sp³-hybridized carbons (Fsp3) is 0. The maximum absolute atomic E-state index is 5.19. The number of hydrogen-bond donors (Lipinski definition) is 0. The van der Waals surface area contributed by atoms with E-state index >= 15 is 0 Å². The highest BCUT2D eigenvalue weighted by molar-refractivity contribution is 6.05. The van der Waals surface area contributed by atoms with Crippen molar-refractivity contribution in [3.8, 4) is 11.1 Å². The zero-order valence-corrected chi connectivity index (χ0v) is 18.3. The number of hydrogen-bond acceptors (Lipinski definition) is 3. The fourth-order valence-electron chi connectivity index (χ4n) is 2.79. The summed E-state index contributed by atoms with van der Waals surface area (Å²) in [6, 6.07) is 23.6. The molecule has 0 aliphatic heterocycles. The predicted octanol–water partition coefficient (Wildman–Crippen LogP) is 7.14. The number of allylic oxidation sites excluding steroid dienone is 3. The van der Waals surface area contributed by atoms with Crippen molar-refractivity contribution >= 4 is 12.1 Å². The number of aliphatic imine (C=N–C) groups is 2. The van der Waals surface area contributed by atoms with Gasteiger partial charge in [-0.05, 0) is 34.4 Å². The van der Waals surface area contributed by atoms with Crippen LogP contribution in [0, 0.1) is 0 Å². The molecule has 0 unspecified atom stereocenters. The zero-order valence-electron chi connectivity index (χ0n) is 18.3. The van der Waals surface area contributed by atoms with E-state index in [0.29, 0.717) is 17.1 Å². The van der Waals surface area contributed by atoms with Crippen LogP contribution in [0.4, 0.5) is 0 Å². The molecule has 1 heterocycles. The minimum Gasteiger partial charge on any atom is -0.453 e. The van der Waals surface area contributed by atoms with Crippen LogP contribution in [0.25, 0.3) is 11.1 Å². The second-order valence-corrected chi connectivity index (χ2v) is 6.91. The SMILES string of the molecule is C=C/C=C\C(=C)C(=C)N=C(N=Cc1ccc(-c2cccncocc2)cc1)c1ccccc1. The second kappa shape index (κ2) is 12.3. The average molecular weight is 432 g/mol. The molecule has 0 bridgehead atoms. The Morgan fingerprint density at radius 1 is 0.879 bits per heavy atom. The topological polar surface area (TPSA) is 50.8 Å². The van der Waals surface area contributed by atoms with Crippen LogP contribution in [0.1, 0.15) is 11.1 Å². The van der Waals surface area contributed by atoms with Gasteiger partial charge in [0.05, 0.1) is 12.0 Å². The molecule has 0 N–H and O–H groups in total. The molecule has 0 saturated carbocycles. The minimum absolute atomic E-state index is 0.539. The van der Waals surface area contributed by atoms with E-state index in [0.717, 1.165) is 22.3 Å². The van der Waals surface area contributed by atoms with Gasteiger partial charge >= 0.3 is 0 Å². The van der Waals surface area contributed by atoms with Crippen molar-refractivity contribution in [3.63, 3.8) is 0 Å². The molecule has 0 aliphatic rings. The second-order valence-electron chi connectivity index (χ2n) is 6.91. The van der Waals surface area contributed by atoms with Gasteiger partial charge in [0.15, 0.2) is 12.2 Å². The van der Waals surface area contributed by atoms with Gasteiger partial charge in [0.2, 0.25) is 0 Å². The van der Waals surface area contributed by atoms with E-state index in [2.05, 4.69) is 34.7 Å². The van der Waals surface area contributed by atoms with Crippen LogP contribution >= 0.6 is 0 Å². The number of nitrogens with zero attached hydrogens (tertiary/aromatic N) is 3. The molecule has 2 aromatic carbocycles. The first-order valence-electron chi connectivity index (χ1n) is 10.3. The van der Waals surface area contributed by atoms with Crippen LogP contribution < -0.4 is 0 Å². The lowest BCUT2D eigenvalue weighted by Crippen LogP contribution is -1.99. The highest BCUT2D eigenvalue weighted by Gasteiger charge is 2.04. The first-order chi connectivity index (χ1) is 16.2. The van der Waals surface area contributed by atoms with Crippen LogP contribution in [-0.2, 0) is 0 Å². The van der Waals surface area contributed by atoms with Crippen molar-refractivity contribution in [3.05, 3.63) is 152 Å². The van der Waals surface area contributed by atoms with Crippen molar-refractivity contribution in [1.29, 1.82) is 0 Å². The number of amidine groups is 1. The van der Waals surface area contributed by atoms with Gasteiger partial charge in [0, 0.05) is 18.0 Å². The zero-order chi connectivity index (χ0) is 23.3. The molecular formula is C29H25N3O. The standard InChI is InChI=1S/C29H25N3O/c1-4-5-10-23(2)24(3)32-29(28-11-7-6-8-12-28)31-21-25-14-16-27(17-15-25)26-13-9-19-30-22-33-20-18-26/h4-22H,1-3H2/b10-5-,19-9?,20-18?,26-13?,30-22?,31-21?,32-29?. The Morgan fingerprint density at radius 2 is 1.64 bits per heavy atom. The Kier molecular flexibility index (Phi) is 8.63. The van der Waals surface area contributed by atoms with E-state index in [9.17, 15) is 0 Å². The molecule has 33 heavy (non-hydrogen) atoms. The summed E-state index contributed by atoms with van der Waals surface area (Å²) in [5.41, 5.74) is 5.13. The Bertz CT molecular complexity index is 1220. The molecule has 0 fully saturated rings. The Hall–Kier alpha value is -4.57. The van der Waals surface area contributed by atoms with E-state index < -0.39 is 0 Å². The molecule has 162 valence electrons. The quantitative estimate of drug-likeness (QED) is 0.227. The van der Waals surface area contributed by atoms with Gasteiger partial charge in [-0.2, -0.15) is 0 Å². The van der Waals surface area contributed by atoms with E-state index in [1.54, 1.807) is 30.8 Å². The molecule has 0 spiro atoms. The molecule has 3 aromatic rings. The lowest BCUT2D eigenvalue weighted by atomic mass is 10.1. The summed E-state index contributed by atoms with van der Waals surface area (Å²) in [6.45, 7) is 11.7. The predicted molar refractivity (Wildman–Crippen MR) is 138 cm³/mol. The van der Waals surface area contributed by atoms with Gasteiger partial charge in [-0.1, -0.05) is 98.6 Å². The van der Waals surface area contributed by atoms with Crippen molar-refractivity contribution < 1.29 is 4.42 Å². The van der Waals surface area contributed by atoms with Gasteiger partial charge in [0.1, 0.15) is 0 Å². The van der Waals surface area contributed by atoms with Crippen LogP contribution in [0.5, 0.6) is 0 Å². The van der Waals surface area contributed by atoms with Crippen LogP contribution in [0.15, 0.2) is 155 Å². The molecular weight excluding hydrogens is 406 g/mol. The summed E-state index contributed by atoms with van der Waals surface area (Å²) in [5, 5.41) is 0. The third-order valence-corrected chi connectivity index (χ3v) is 4.55. The van der Waals surface area contributed by atoms with Crippen molar-refractivity contribution in [2.75, 3.05) is 0 Å². The van der Waals surface area contributed by atoms with Crippen molar-refractivity contribution in [2.45, 2.75) is 0 Å². The smallest absolute Gasteiger partial charge is 0.180 e. The van der Waals surface area contributed by atoms with E-state index in [4.69, 9.17) is 4.42 Å². The summed E-state index contributed by atoms with van der Waals surface area (Å²) in [7, 11) is 0. The summed E-state index contributed by atoms with van der Waals surface area (Å²) in [4.78, 5) is 13.2. The summed E-state index contributed by atoms with van der Waals surface area (Å²) in [6.07, 6.45) is 11.7. The number of aromatic nitrogens is 1. The molecule has 0 radical (unpaired) electrons. The monoisotopic (exact) mass is 431 g/mol. The maximum Gasteiger partial charge on any atom is 0.180 e. The lowest BCUT2D eigenvalue weighted by molar-refractivity contribution is 0.535. The highest BCUT2D eigenvalue weighted by Crippen LogP contribution is 2.18. The fourth-order valence-corrected chi connectivity index (χ4v) is 2.79. The first-order valence-corrected chi connectivity index (χ1v) is 10.3. The van der Waals surface area contributed by atoms with Gasteiger partial charge in [-0.25, -0.2) is 15.0 Å². The largest absolute Gasteiger partial charge is 0.453 e. The molecule has 4 heteroatoms. The van der Waals surface area contributed by atoms with Gasteiger partial charge < -0.3 is 4.42 Å². The highest BCUT2D eigenvalue weighted by atomic mass is 16.3. The Labute approximate surface area is 194 Å². The van der Waals surface area contributed by atoms with Crippen molar-refractivity contribution in [1.82, 2.24) is 4.98 Å². The average Bonchev–Trinajstić information content (AvgIpc) is 3.00. The molecule has 4 nitrogen and oxygen atoms in total. The third-order valence-electron chi connectivity index (χ3n) is 4.55. The molecule has 0 aliphatic carbocycles. The summed E-state index contributed by atoms with van der Waals surface area (Å²) in [5.74, 6) is 0.557. The van der Waals surface area contributed by atoms with E-state index in [-0.39, 0.29) is 0 Å². The number of benzene rings is 2. The molecule has 0 atom stereocenters. The third kappa shape index (κ3) is 7.26. The molecule has 3 rings (SSSR count). The van der Waals surface area contributed by atoms with E-state index in [1.165, 1.54) is 6.39 Å². The number of rotatable bonds is 7. The van der Waals surface area contributed by atoms with Gasteiger partial charge in [-0.3, -0.25) is 0 Å². The van der Waals surface area contributed by atoms with E-state index in [1.807, 2.05) is 78.9 Å². The van der Waals surface area contributed by atoms with Gasteiger partial charge in [0.25, 0.3) is 0 Å². The summed E-state index contributed by atoms with van der Waals surface area (Å²) >= 11 is 0. The molecule has 1 aromatic heterocycles. The Balaban J connectivity index is 1.88. The molecule has 0 saturated heterocycles. The normalized spacial score (nSPS) is 11.3. The minimum atomic E-state index is 0.539. The maximum atomic E-state index is 5.19. The van der Waals surface area contributed by atoms with Crippen molar-refractivity contribution in [2.24, 2.45) is 9.98 Å². The van der Waals surface area contributed by atoms with Crippen LogP contribution in [0.3, 0.4) is 0 Å². The first kappa shape index (κ1) is 23.1. The lowest BCUT2D eigenvalue weighted by Gasteiger charge is -2.05. The summed E-state index contributed by atoms with van der Waals surface area (Å²) < 4.78 is 5.19. The van der Waals surface area contributed by atoms with Gasteiger partial charge in [-0.15, -0.1) is 0 Å².